The molecular formula is C8H15NO. The van der Waals surface area contributed by atoms with Crippen molar-refractivity contribution in [2.24, 2.45) is 0 Å². The Bertz CT molecular complexity index is 131. The lowest BCUT2D eigenvalue weighted by molar-refractivity contribution is -0.000333. The van der Waals surface area contributed by atoms with Gasteiger partial charge in [-0.15, -0.1) is 0 Å². The lowest BCUT2D eigenvalue weighted by Crippen LogP contribution is -2.43. The highest BCUT2D eigenvalue weighted by atomic mass is 16.3. The van der Waals surface area contributed by atoms with Crippen LogP contribution in [-0.2, 0) is 0 Å². The van der Waals surface area contributed by atoms with E-state index in [-0.39, 0.29) is 0 Å². The molecule has 1 fully saturated rings. The molecule has 1 saturated heterocycles. The third-order valence-corrected chi connectivity index (χ3v) is 1.96. The Kier molecular flexibility index (Phi) is 2.00. The van der Waals surface area contributed by atoms with E-state index >= 15 is 0 Å². The van der Waals surface area contributed by atoms with E-state index in [1.807, 2.05) is 6.92 Å². The number of hydrogen-bond donors (Lipinski definition) is 1. The van der Waals surface area contributed by atoms with Crippen molar-refractivity contribution < 1.29 is 5.11 Å². The van der Waals surface area contributed by atoms with E-state index in [1.54, 1.807) is 6.20 Å². The van der Waals surface area contributed by atoms with Gasteiger partial charge in [0.05, 0.1) is 5.60 Å². The van der Waals surface area contributed by atoms with Crippen molar-refractivity contribution in [3.8, 4) is 0 Å². The Morgan fingerprint density at radius 3 is 2.80 bits per heavy atom. The van der Waals surface area contributed by atoms with Crippen LogP contribution in [0.15, 0.2) is 12.8 Å². The van der Waals surface area contributed by atoms with E-state index in [9.17, 15) is 5.11 Å². The Morgan fingerprint density at radius 1 is 1.70 bits per heavy atom. The fraction of sp³-hybridized carbons (Fsp3) is 0.750. The standard InChI is InChI=1S/C8H15NO/c1-3-9-6-4-5-8(2,10)7-9/h3,10H,1,4-7H2,2H3. The van der Waals surface area contributed by atoms with Gasteiger partial charge in [-0.1, -0.05) is 6.58 Å². The molecule has 0 aromatic rings. The molecule has 1 aliphatic heterocycles. The molecule has 0 bridgehead atoms. The Morgan fingerprint density at radius 2 is 2.40 bits per heavy atom. The van der Waals surface area contributed by atoms with Gasteiger partial charge in [-0.25, -0.2) is 0 Å². The monoisotopic (exact) mass is 141 g/mol. The lowest BCUT2D eigenvalue weighted by atomic mass is 9.96. The van der Waals surface area contributed by atoms with Gasteiger partial charge in [-0.3, -0.25) is 0 Å². The quantitative estimate of drug-likeness (QED) is 0.588. The SMILES string of the molecule is C=CN1CCCC(C)(O)C1. The number of hydrogen-bond acceptors (Lipinski definition) is 2. The molecule has 1 heterocycles. The van der Waals surface area contributed by atoms with Crippen LogP contribution < -0.4 is 0 Å². The highest BCUT2D eigenvalue weighted by Crippen LogP contribution is 2.19. The molecule has 1 unspecified atom stereocenters. The van der Waals surface area contributed by atoms with Crippen LogP contribution in [0, 0.1) is 0 Å². The Labute approximate surface area is 62.2 Å². The molecule has 1 N–H and O–H groups in total. The second kappa shape index (κ2) is 2.62. The molecule has 0 saturated carbocycles. The minimum absolute atomic E-state index is 0.494. The van der Waals surface area contributed by atoms with Gasteiger partial charge in [-0.2, -0.15) is 0 Å². The van der Waals surface area contributed by atoms with Crippen molar-refractivity contribution >= 4 is 0 Å². The molecule has 10 heavy (non-hydrogen) atoms. The molecular weight excluding hydrogens is 126 g/mol. The zero-order chi connectivity index (χ0) is 7.61. The summed E-state index contributed by atoms with van der Waals surface area (Å²) in [6.07, 6.45) is 3.78. The summed E-state index contributed by atoms with van der Waals surface area (Å²) in [6, 6.07) is 0. The molecule has 0 aromatic carbocycles. The van der Waals surface area contributed by atoms with Crippen molar-refractivity contribution in [3.05, 3.63) is 12.8 Å². The van der Waals surface area contributed by atoms with Crippen molar-refractivity contribution in [3.63, 3.8) is 0 Å². The first-order valence-electron chi connectivity index (χ1n) is 3.73. The topological polar surface area (TPSA) is 23.5 Å². The van der Waals surface area contributed by atoms with Crippen LogP contribution in [0.3, 0.4) is 0 Å². The van der Waals surface area contributed by atoms with E-state index in [0.29, 0.717) is 0 Å². The summed E-state index contributed by atoms with van der Waals surface area (Å²) in [5.74, 6) is 0. The predicted molar refractivity (Wildman–Crippen MR) is 41.6 cm³/mol. The summed E-state index contributed by atoms with van der Waals surface area (Å²) < 4.78 is 0. The molecule has 0 radical (unpaired) electrons. The number of likely N-dealkylation sites (tertiary alicyclic amines) is 1. The molecule has 0 spiro atoms. The second-order valence-corrected chi connectivity index (χ2v) is 3.25. The number of β-amino-alcohol motifs (C(OH)–C–C–N with tert-alkyl or cyclic N) is 1. The largest absolute Gasteiger partial charge is 0.388 e. The summed E-state index contributed by atoms with van der Waals surface area (Å²) in [5, 5.41) is 9.59. The maximum atomic E-state index is 9.59. The van der Waals surface area contributed by atoms with E-state index in [4.69, 9.17) is 0 Å². The summed E-state index contributed by atoms with van der Waals surface area (Å²) in [6.45, 7) is 7.32. The van der Waals surface area contributed by atoms with Crippen molar-refractivity contribution in [1.29, 1.82) is 0 Å². The highest BCUT2D eigenvalue weighted by Gasteiger charge is 2.26. The summed E-state index contributed by atoms with van der Waals surface area (Å²) in [4.78, 5) is 2.06. The van der Waals surface area contributed by atoms with Crippen LogP contribution in [0.25, 0.3) is 0 Å². The van der Waals surface area contributed by atoms with Gasteiger partial charge in [0, 0.05) is 13.1 Å². The normalized spacial score (nSPS) is 34.0. The van der Waals surface area contributed by atoms with Crippen molar-refractivity contribution in [1.82, 2.24) is 4.90 Å². The lowest BCUT2D eigenvalue weighted by Gasteiger charge is -2.35. The van der Waals surface area contributed by atoms with E-state index in [0.717, 1.165) is 25.9 Å². The first-order chi connectivity index (χ1) is 4.64. The predicted octanol–water partition coefficient (Wildman–Crippen LogP) is 0.977. The molecule has 2 heteroatoms. The zero-order valence-corrected chi connectivity index (χ0v) is 6.51. The van der Waals surface area contributed by atoms with Gasteiger partial charge < -0.3 is 10.0 Å². The van der Waals surface area contributed by atoms with Gasteiger partial charge in [0.15, 0.2) is 0 Å². The number of aliphatic hydroxyl groups is 1. The fourth-order valence-corrected chi connectivity index (χ4v) is 1.41. The van der Waals surface area contributed by atoms with Crippen LogP contribution in [0.5, 0.6) is 0 Å². The van der Waals surface area contributed by atoms with Gasteiger partial charge in [-0.05, 0) is 26.0 Å². The minimum atomic E-state index is -0.494. The van der Waals surface area contributed by atoms with Gasteiger partial charge in [0.1, 0.15) is 0 Å². The molecule has 1 aliphatic rings. The van der Waals surface area contributed by atoms with E-state index < -0.39 is 5.60 Å². The third-order valence-electron chi connectivity index (χ3n) is 1.96. The third kappa shape index (κ3) is 1.74. The number of piperidine rings is 1. The van der Waals surface area contributed by atoms with Crippen LogP contribution in [0.4, 0.5) is 0 Å². The number of nitrogens with zero attached hydrogens (tertiary/aromatic N) is 1. The maximum Gasteiger partial charge on any atom is 0.0794 e. The summed E-state index contributed by atoms with van der Waals surface area (Å²) in [5.41, 5.74) is -0.494. The summed E-state index contributed by atoms with van der Waals surface area (Å²) >= 11 is 0. The second-order valence-electron chi connectivity index (χ2n) is 3.25. The molecule has 58 valence electrons. The molecule has 1 atom stereocenters. The highest BCUT2D eigenvalue weighted by molar-refractivity contribution is 4.86. The van der Waals surface area contributed by atoms with Gasteiger partial charge >= 0.3 is 0 Å². The zero-order valence-electron chi connectivity index (χ0n) is 6.51. The van der Waals surface area contributed by atoms with E-state index in [2.05, 4.69) is 11.5 Å². The van der Waals surface area contributed by atoms with Crippen molar-refractivity contribution in [2.75, 3.05) is 13.1 Å². The van der Waals surface area contributed by atoms with Crippen molar-refractivity contribution in [2.45, 2.75) is 25.4 Å². The minimum Gasteiger partial charge on any atom is -0.388 e. The smallest absolute Gasteiger partial charge is 0.0794 e. The molecule has 0 aliphatic carbocycles. The maximum absolute atomic E-state index is 9.59. The molecule has 0 aromatic heterocycles. The first-order valence-corrected chi connectivity index (χ1v) is 3.73. The Balaban J connectivity index is 2.47. The molecule has 0 amide bonds. The van der Waals surface area contributed by atoms with Crippen LogP contribution in [0.2, 0.25) is 0 Å². The van der Waals surface area contributed by atoms with E-state index in [1.165, 1.54) is 0 Å². The average molecular weight is 141 g/mol. The first kappa shape index (κ1) is 7.61. The van der Waals surface area contributed by atoms with Crippen LogP contribution >= 0.6 is 0 Å². The average Bonchev–Trinajstić information content (AvgIpc) is 1.86. The van der Waals surface area contributed by atoms with Gasteiger partial charge in [0.25, 0.3) is 0 Å². The fourth-order valence-electron chi connectivity index (χ4n) is 1.41. The van der Waals surface area contributed by atoms with Gasteiger partial charge in [0.2, 0.25) is 0 Å². The van der Waals surface area contributed by atoms with Crippen LogP contribution in [0.1, 0.15) is 19.8 Å². The summed E-state index contributed by atoms with van der Waals surface area (Å²) in [7, 11) is 0. The molecule has 2 nitrogen and oxygen atoms in total. The number of rotatable bonds is 1. The molecule has 1 rings (SSSR count). The van der Waals surface area contributed by atoms with Crippen LogP contribution in [-0.4, -0.2) is 28.7 Å². The Hall–Kier alpha value is -0.500.